The number of sulfone groups is 1. The average molecular weight is 261 g/mol. The van der Waals surface area contributed by atoms with Gasteiger partial charge < -0.3 is 10.1 Å². The molecule has 2 rings (SSSR count). The molecule has 4 nitrogen and oxygen atoms in total. The van der Waals surface area contributed by atoms with Gasteiger partial charge in [0.1, 0.15) is 9.84 Å². The van der Waals surface area contributed by atoms with Gasteiger partial charge in [-0.1, -0.05) is 0 Å². The van der Waals surface area contributed by atoms with E-state index in [2.05, 4.69) is 5.32 Å². The lowest BCUT2D eigenvalue weighted by atomic mass is 9.82. The Kier molecular flexibility index (Phi) is 4.10. The average Bonchev–Trinajstić information content (AvgIpc) is 2.95. The second-order valence-electron chi connectivity index (χ2n) is 5.69. The van der Waals surface area contributed by atoms with Crippen LogP contribution in [0.5, 0.6) is 0 Å². The molecule has 1 unspecified atom stereocenters. The maximum atomic E-state index is 11.1. The molecule has 17 heavy (non-hydrogen) atoms. The first-order valence-electron chi connectivity index (χ1n) is 6.48. The molecule has 2 fully saturated rings. The SMILES string of the molecule is CS(=O)(=O)CCCC1(CNC2CC2)CCOC1. The molecule has 1 N–H and O–H groups in total. The lowest BCUT2D eigenvalue weighted by molar-refractivity contribution is 0.143. The molecule has 0 aromatic rings. The standard InChI is InChI=1S/C12H23NO3S/c1-17(14,15)8-2-5-12(6-7-16-10-12)9-13-11-3-4-11/h11,13H,2-10H2,1H3. The Morgan fingerprint density at radius 1 is 1.41 bits per heavy atom. The van der Waals surface area contributed by atoms with E-state index in [-0.39, 0.29) is 5.41 Å². The predicted octanol–water partition coefficient (Wildman–Crippen LogP) is 0.970. The smallest absolute Gasteiger partial charge is 0.147 e. The van der Waals surface area contributed by atoms with Gasteiger partial charge in [0.15, 0.2) is 0 Å². The minimum atomic E-state index is -2.82. The lowest BCUT2D eigenvalue weighted by Gasteiger charge is -2.27. The maximum Gasteiger partial charge on any atom is 0.147 e. The molecule has 0 aromatic carbocycles. The number of nitrogens with one attached hydrogen (secondary N) is 1. The summed E-state index contributed by atoms with van der Waals surface area (Å²) in [7, 11) is -2.82. The number of hydrogen-bond acceptors (Lipinski definition) is 4. The Morgan fingerprint density at radius 2 is 2.18 bits per heavy atom. The first-order valence-corrected chi connectivity index (χ1v) is 8.54. The molecule has 1 saturated heterocycles. The molecule has 1 saturated carbocycles. The summed E-state index contributed by atoms with van der Waals surface area (Å²) >= 11 is 0. The zero-order valence-electron chi connectivity index (χ0n) is 10.6. The zero-order chi connectivity index (χ0) is 12.4. The molecule has 2 aliphatic rings. The van der Waals surface area contributed by atoms with Crippen LogP contribution in [0.4, 0.5) is 0 Å². The summed E-state index contributed by atoms with van der Waals surface area (Å²) < 4.78 is 27.8. The van der Waals surface area contributed by atoms with Crippen LogP contribution < -0.4 is 5.32 Å². The van der Waals surface area contributed by atoms with Crippen LogP contribution in [0.15, 0.2) is 0 Å². The van der Waals surface area contributed by atoms with Gasteiger partial charge in [-0.05, 0) is 32.1 Å². The third kappa shape index (κ3) is 4.56. The van der Waals surface area contributed by atoms with Gasteiger partial charge in [0.05, 0.1) is 6.61 Å². The first-order chi connectivity index (χ1) is 7.99. The summed E-state index contributed by atoms with van der Waals surface area (Å²) in [5.74, 6) is 0.304. The second-order valence-corrected chi connectivity index (χ2v) is 7.95. The predicted molar refractivity (Wildman–Crippen MR) is 67.8 cm³/mol. The van der Waals surface area contributed by atoms with Crippen molar-refractivity contribution < 1.29 is 13.2 Å². The summed E-state index contributed by atoms with van der Waals surface area (Å²) in [6.45, 7) is 2.60. The molecule has 1 heterocycles. The van der Waals surface area contributed by atoms with E-state index in [4.69, 9.17) is 4.74 Å². The van der Waals surface area contributed by atoms with E-state index in [1.807, 2.05) is 0 Å². The van der Waals surface area contributed by atoms with Crippen LogP contribution >= 0.6 is 0 Å². The first kappa shape index (κ1) is 13.3. The molecule has 100 valence electrons. The minimum absolute atomic E-state index is 0.188. The molecule has 1 aliphatic carbocycles. The fraction of sp³-hybridized carbons (Fsp3) is 1.00. The van der Waals surface area contributed by atoms with E-state index in [9.17, 15) is 8.42 Å². The Morgan fingerprint density at radius 3 is 2.71 bits per heavy atom. The van der Waals surface area contributed by atoms with Crippen LogP contribution in [-0.2, 0) is 14.6 Å². The van der Waals surface area contributed by atoms with Crippen molar-refractivity contribution in [2.24, 2.45) is 5.41 Å². The Balaban J connectivity index is 1.78. The number of ether oxygens (including phenoxy) is 1. The Hall–Kier alpha value is -0.130. The highest BCUT2D eigenvalue weighted by atomic mass is 32.2. The highest BCUT2D eigenvalue weighted by Crippen LogP contribution is 2.34. The van der Waals surface area contributed by atoms with Crippen LogP contribution in [0.2, 0.25) is 0 Å². The zero-order valence-corrected chi connectivity index (χ0v) is 11.4. The molecule has 0 aromatic heterocycles. The summed E-state index contributed by atoms with van der Waals surface area (Å²) in [5.41, 5.74) is 0.188. The third-order valence-corrected chi connectivity index (χ3v) is 4.78. The van der Waals surface area contributed by atoms with E-state index < -0.39 is 9.84 Å². The van der Waals surface area contributed by atoms with E-state index >= 15 is 0 Å². The molecule has 0 radical (unpaired) electrons. The molecule has 5 heteroatoms. The van der Waals surface area contributed by atoms with Crippen molar-refractivity contribution in [3.05, 3.63) is 0 Å². The minimum Gasteiger partial charge on any atom is -0.381 e. The van der Waals surface area contributed by atoms with Gasteiger partial charge >= 0.3 is 0 Å². The molecule has 1 atom stereocenters. The molecule has 0 amide bonds. The Bertz CT molecular complexity index is 343. The van der Waals surface area contributed by atoms with Crippen LogP contribution in [0.3, 0.4) is 0 Å². The van der Waals surface area contributed by atoms with Crippen molar-refractivity contribution in [1.29, 1.82) is 0 Å². The van der Waals surface area contributed by atoms with Gasteiger partial charge in [-0.25, -0.2) is 8.42 Å². The van der Waals surface area contributed by atoms with E-state index in [0.29, 0.717) is 11.8 Å². The topological polar surface area (TPSA) is 55.4 Å². The van der Waals surface area contributed by atoms with E-state index in [0.717, 1.165) is 39.0 Å². The highest BCUT2D eigenvalue weighted by molar-refractivity contribution is 7.90. The number of hydrogen-bond donors (Lipinski definition) is 1. The van der Waals surface area contributed by atoms with E-state index in [1.54, 1.807) is 0 Å². The van der Waals surface area contributed by atoms with Gasteiger partial charge in [0.25, 0.3) is 0 Å². The molecular weight excluding hydrogens is 238 g/mol. The Labute approximate surface area is 104 Å². The summed E-state index contributed by atoms with van der Waals surface area (Å²) in [4.78, 5) is 0. The van der Waals surface area contributed by atoms with Crippen molar-refractivity contribution in [1.82, 2.24) is 5.32 Å². The second kappa shape index (κ2) is 5.24. The van der Waals surface area contributed by atoms with Gasteiger partial charge in [-0.15, -0.1) is 0 Å². The number of rotatable bonds is 7. The fourth-order valence-corrected chi connectivity index (χ4v) is 3.10. The summed E-state index contributed by atoms with van der Waals surface area (Å²) in [6.07, 6.45) is 6.68. The molecule has 1 aliphatic heterocycles. The van der Waals surface area contributed by atoms with Crippen LogP contribution in [-0.4, -0.2) is 46.2 Å². The molecule has 0 spiro atoms. The van der Waals surface area contributed by atoms with Crippen LogP contribution in [0.25, 0.3) is 0 Å². The highest BCUT2D eigenvalue weighted by Gasteiger charge is 2.36. The van der Waals surface area contributed by atoms with Crippen molar-refractivity contribution in [3.63, 3.8) is 0 Å². The van der Waals surface area contributed by atoms with E-state index in [1.165, 1.54) is 19.1 Å². The summed E-state index contributed by atoms with van der Waals surface area (Å²) in [6, 6.07) is 0.711. The van der Waals surface area contributed by atoms with Gasteiger partial charge in [-0.2, -0.15) is 0 Å². The van der Waals surface area contributed by atoms with Crippen molar-refractivity contribution in [2.75, 3.05) is 31.8 Å². The van der Waals surface area contributed by atoms with Crippen molar-refractivity contribution in [3.8, 4) is 0 Å². The van der Waals surface area contributed by atoms with Crippen molar-refractivity contribution in [2.45, 2.75) is 38.1 Å². The van der Waals surface area contributed by atoms with Crippen LogP contribution in [0, 0.1) is 5.41 Å². The van der Waals surface area contributed by atoms with Crippen LogP contribution in [0.1, 0.15) is 32.1 Å². The summed E-state index contributed by atoms with van der Waals surface area (Å²) in [5, 5.41) is 3.56. The van der Waals surface area contributed by atoms with Gasteiger partial charge in [0.2, 0.25) is 0 Å². The normalized spacial score (nSPS) is 29.7. The molecule has 0 bridgehead atoms. The molecular formula is C12H23NO3S. The fourth-order valence-electron chi connectivity index (χ4n) is 2.43. The van der Waals surface area contributed by atoms with Gasteiger partial charge in [-0.3, -0.25) is 0 Å². The monoisotopic (exact) mass is 261 g/mol. The largest absolute Gasteiger partial charge is 0.381 e. The van der Waals surface area contributed by atoms with Gasteiger partial charge in [0, 0.05) is 36.6 Å². The maximum absolute atomic E-state index is 11.1. The lowest BCUT2D eigenvalue weighted by Crippen LogP contribution is -2.36. The quantitative estimate of drug-likeness (QED) is 0.742. The van der Waals surface area contributed by atoms with Crippen molar-refractivity contribution >= 4 is 9.84 Å². The third-order valence-electron chi connectivity index (χ3n) is 3.75.